The number of ketones is 1. The Bertz CT molecular complexity index is 1150. The quantitative estimate of drug-likeness (QED) is 0.307. The van der Waals surface area contributed by atoms with E-state index in [9.17, 15) is 14.7 Å². The van der Waals surface area contributed by atoms with Crippen LogP contribution in [-0.2, 0) is 9.59 Å². The molecule has 0 aromatic heterocycles. The Morgan fingerprint density at radius 1 is 1.03 bits per heavy atom. The van der Waals surface area contributed by atoms with Crippen LogP contribution >= 0.6 is 11.6 Å². The number of carbonyl (C=O) groups is 2. The number of halogens is 1. The number of carbonyl (C=O) groups excluding carboxylic acids is 2. The molecular weight excluding hydrogens is 470 g/mol. The molecule has 1 saturated carbocycles. The molecule has 4 rings (SSSR count). The van der Waals surface area contributed by atoms with Crippen LogP contribution in [0, 0.1) is 0 Å². The highest BCUT2D eigenvalue weighted by atomic mass is 35.5. The van der Waals surface area contributed by atoms with Crippen LogP contribution < -0.4 is 14.2 Å². The SMILES string of the molecule is COc1cc(OC)c(/C(O)=C2\C(=O)C(=O)N(C3CCCC3)C2c2ccc(OC(C)C)cc2)cc1Cl. The lowest BCUT2D eigenvalue weighted by molar-refractivity contribution is -0.141. The third kappa shape index (κ3) is 4.69. The van der Waals surface area contributed by atoms with Crippen molar-refractivity contribution < 1.29 is 28.9 Å². The third-order valence-electron chi connectivity index (χ3n) is 6.49. The number of nitrogens with zero attached hydrogens (tertiary/aromatic N) is 1. The fourth-order valence-corrected chi connectivity index (χ4v) is 5.17. The van der Waals surface area contributed by atoms with Gasteiger partial charge in [0, 0.05) is 12.1 Å². The summed E-state index contributed by atoms with van der Waals surface area (Å²) in [7, 11) is 2.92. The van der Waals surface area contributed by atoms with Crippen molar-refractivity contribution in [1.82, 2.24) is 4.90 Å². The second-order valence-electron chi connectivity index (χ2n) is 9.07. The maximum atomic E-state index is 13.4. The van der Waals surface area contributed by atoms with Crippen LogP contribution in [0.2, 0.25) is 5.02 Å². The minimum atomic E-state index is -0.739. The van der Waals surface area contributed by atoms with Crippen molar-refractivity contribution in [1.29, 1.82) is 0 Å². The summed E-state index contributed by atoms with van der Waals surface area (Å²) in [4.78, 5) is 28.3. The summed E-state index contributed by atoms with van der Waals surface area (Å²) in [5, 5.41) is 11.7. The first-order valence-electron chi connectivity index (χ1n) is 11.8. The van der Waals surface area contributed by atoms with E-state index in [2.05, 4.69) is 0 Å². The molecule has 1 unspecified atom stereocenters. The zero-order valence-corrected chi connectivity index (χ0v) is 21.1. The van der Waals surface area contributed by atoms with Gasteiger partial charge in [-0.25, -0.2) is 0 Å². The molecule has 0 radical (unpaired) electrons. The topological polar surface area (TPSA) is 85.3 Å². The number of ether oxygens (including phenoxy) is 3. The zero-order chi connectivity index (χ0) is 25.3. The van der Waals surface area contributed by atoms with Crippen LogP contribution in [-0.4, -0.2) is 48.1 Å². The number of benzene rings is 2. The normalized spacial score (nSPS) is 20.1. The Kier molecular flexibility index (Phi) is 7.26. The molecule has 1 N–H and O–H groups in total. The smallest absolute Gasteiger partial charge is 0.295 e. The molecular formula is C27H30ClNO6. The molecule has 186 valence electrons. The van der Waals surface area contributed by atoms with Gasteiger partial charge in [-0.05, 0) is 50.5 Å². The largest absolute Gasteiger partial charge is 0.507 e. The van der Waals surface area contributed by atoms with E-state index < -0.39 is 17.7 Å². The highest BCUT2D eigenvalue weighted by Gasteiger charge is 2.49. The summed E-state index contributed by atoms with van der Waals surface area (Å²) in [6, 6.07) is 9.50. The lowest BCUT2D eigenvalue weighted by Gasteiger charge is -2.31. The Balaban J connectivity index is 1.88. The average molecular weight is 500 g/mol. The summed E-state index contributed by atoms with van der Waals surface area (Å²) in [6.45, 7) is 3.88. The van der Waals surface area contributed by atoms with Crippen molar-refractivity contribution >= 4 is 29.1 Å². The average Bonchev–Trinajstić information content (AvgIpc) is 3.45. The predicted octanol–water partition coefficient (Wildman–Crippen LogP) is 5.51. The number of likely N-dealkylation sites (tertiary alicyclic amines) is 1. The van der Waals surface area contributed by atoms with E-state index in [0.717, 1.165) is 25.7 Å². The molecule has 7 nitrogen and oxygen atoms in total. The molecule has 1 aliphatic heterocycles. The molecule has 2 fully saturated rings. The van der Waals surface area contributed by atoms with Crippen molar-refractivity contribution in [3.05, 3.63) is 58.1 Å². The first kappa shape index (κ1) is 24.9. The van der Waals surface area contributed by atoms with Gasteiger partial charge in [0.2, 0.25) is 0 Å². The number of hydrogen-bond acceptors (Lipinski definition) is 6. The van der Waals surface area contributed by atoms with Gasteiger partial charge in [-0.15, -0.1) is 0 Å². The molecule has 8 heteroatoms. The monoisotopic (exact) mass is 499 g/mol. The summed E-state index contributed by atoms with van der Waals surface area (Å²) >= 11 is 6.33. The van der Waals surface area contributed by atoms with Gasteiger partial charge < -0.3 is 24.2 Å². The van der Waals surface area contributed by atoms with Crippen molar-refractivity contribution in [3.63, 3.8) is 0 Å². The first-order valence-corrected chi connectivity index (χ1v) is 12.1. The second-order valence-corrected chi connectivity index (χ2v) is 9.47. The number of hydrogen-bond donors (Lipinski definition) is 1. The van der Waals surface area contributed by atoms with Gasteiger partial charge in [0.05, 0.1) is 42.5 Å². The number of aliphatic hydroxyl groups excluding tert-OH is 1. The van der Waals surface area contributed by atoms with E-state index in [1.165, 1.54) is 26.4 Å². The van der Waals surface area contributed by atoms with Gasteiger partial charge in [0.15, 0.2) is 0 Å². The first-order chi connectivity index (χ1) is 16.8. The number of rotatable bonds is 7. The van der Waals surface area contributed by atoms with E-state index in [0.29, 0.717) is 17.1 Å². The fourth-order valence-electron chi connectivity index (χ4n) is 4.93. The molecule has 2 aliphatic rings. The zero-order valence-electron chi connectivity index (χ0n) is 20.3. The van der Waals surface area contributed by atoms with Crippen molar-refractivity contribution in [2.75, 3.05) is 14.2 Å². The van der Waals surface area contributed by atoms with Crippen molar-refractivity contribution in [2.24, 2.45) is 0 Å². The van der Waals surface area contributed by atoms with Gasteiger partial charge in [-0.1, -0.05) is 36.6 Å². The number of aliphatic hydroxyl groups is 1. The molecule has 0 bridgehead atoms. The Labute approximate surface area is 210 Å². The minimum absolute atomic E-state index is 0.0114. The summed E-state index contributed by atoms with van der Waals surface area (Å²) < 4.78 is 16.5. The Morgan fingerprint density at radius 2 is 1.66 bits per heavy atom. The van der Waals surface area contributed by atoms with E-state index >= 15 is 0 Å². The van der Waals surface area contributed by atoms with Crippen molar-refractivity contribution in [2.45, 2.75) is 57.7 Å². The van der Waals surface area contributed by atoms with Crippen LogP contribution in [0.1, 0.15) is 56.7 Å². The standard InChI is InChI=1S/C27H30ClNO6/c1-15(2)35-18-11-9-16(10-12-18)24-23(26(31)27(32)29(24)17-7-5-6-8-17)25(30)19-13-20(28)22(34-4)14-21(19)33-3/h9-15,17,24,30H,5-8H2,1-4H3/b25-23+. The summed E-state index contributed by atoms with van der Waals surface area (Å²) in [5.41, 5.74) is 0.943. The molecule has 1 saturated heterocycles. The van der Waals surface area contributed by atoms with Crippen LogP contribution in [0.4, 0.5) is 0 Å². The highest BCUT2D eigenvalue weighted by Crippen LogP contribution is 2.45. The van der Waals surface area contributed by atoms with Gasteiger partial charge in [-0.3, -0.25) is 9.59 Å². The van der Waals surface area contributed by atoms with Gasteiger partial charge in [-0.2, -0.15) is 0 Å². The molecule has 1 aliphatic carbocycles. The van der Waals surface area contributed by atoms with Crippen LogP contribution in [0.25, 0.3) is 5.76 Å². The van der Waals surface area contributed by atoms with E-state index in [-0.39, 0.29) is 39.8 Å². The maximum Gasteiger partial charge on any atom is 0.295 e. The van der Waals surface area contributed by atoms with Gasteiger partial charge in [0.25, 0.3) is 11.7 Å². The third-order valence-corrected chi connectivity index (χ3v) is 6.79. The molecule has 35 heavy (non-hydrogen) atoms. The number of Topliss-reactive ketones (excluding diaryl/α,β-unsaturated/α-hetero) is 1. The van der Waals surface area contributed by atoms with Crippen LogP contribution in [0.3, 0.4) is 0 Å². The molecule has 2 aromatic carbocycles. The molecule has 1 atom stereocenters. The molecule has 1 heterocycles. The summed E-state index contributed by atoms with van der Waals surface area (Å²) in [5.74, 6) is -0.345. The summed E-state index contributed by atoms with van der Waals surface area (Å²) in [6.07, 6.45) is 3.62. The molecule has 2 aromatic rings. The number of amides is 1. The second kappa shape index (κ2) is 10.2. The van der Waals surface area contributed by atoms with Gasteiger partial charge in [0.1, 0.15) is 23.0 Å². The molecule has 1 amide bonds. The van der Waals surface area contributed by atoms with Crippen LogP contribution in [0.15, 0.2) is 42.0 Å². The predicted molar refractivity (Wildman–Crippen MR) is 133 cm³/mol. The maximum absolute atomic E-state index is 13.4. The molecule has 0 spiro atoms. The Hall–Kier alpha value is -3.19. The van der Waals surface area contributed by atoms with E-state index in [4.69, 9.17) is 25.8 Å². The lowest BCUT2D eigenvalue weighted by Crippen LogP contribution is -2.37. The van der Waals surface area contributed by atoms with Crippen molar-refractivity contribution in [3.8, 4) is 17.2 Å². The minimum Gasteiger partial charge on any atom is -0.507 e. The van der Waals surface area contributed by atoms with E-state index in [1.807, 2.05) is 38.1 Å². The van der Waals surface area contributed by atoms with Crippen LogP contribution in [0.5, 0.6) is 17.2 Å². The number of methoxy groups -OCH3 is 2. The Morgan fingerprint density at radius 3 is 2.23 bits per heavy atom. The fraction of sp³-hybridized carbons (Fsp3) is 0.407. The lowest BCUT2D eigenvalue weighted by atomic mass is 9.94. The highest BCUT2D eigenvalue weighted by molar-refractivity contribution is 6.46. The van der Waals surface area contributed by atoms with Gasteiger partial charge >= 0.3 is 0 Å². The van der Waals surface area contributed by atoms with E-state index in [1.54, 1.807) is 4.90 Å².